The van der Waals surface area contributed by atoms with Crippen LogP contribution in [0, 0.1) is 0 Å². The smallest absolute Gasteiger partial charge is 0.341 e. The Morgan fingerprint density at radius 3 is 2.68 bits per heavy atom. The number of carbonyl (C=O) groups is 2. The van der Waals surface area contributed by atoms with Crippen molar-refractivity contribution in [1.29, 1.82) is 0 Å². The minimum atomic E-state index is -0.312. The predicted octanol–water partition coefficient (Wildman–Crippen LogP) is 3.15. The zero-order valence-electron chi connectivity index (χ0n) is 11.4. The lowest BCUT2D eigenvalue weighted by molar-refractivity contribution is -0.115. The van der Waals surface area contributed by atoms with Crippen molar-refractivity contribution in [3.63, 3.8) is 0 Å². The van der Waals surface area contributed by atoms with Crippen LogP contribution in [0.25, 0.3) is 0 Å². The number of amides is 1. The Bertz CT molecular complexity index is 493. The third-order valence-electron chi connectivity index (χ3n) is 3.22. The second-order valence-electron chi connectivity index (χ2n) is 4.54. The molecule has 0 bridgehead atoms. The molecule has 0 unspecified atom stereocenters. The third-order valence-corrected chi connectivity index (χ3v) is 4.43. The average Bonchev–Trinajstić information content (AvgIpc) is 2.76. The molecule has 1 aromatic heterocycles. The number of fused-ring (bicyclic) bond motifs is 1. The van der Waals surface area contributed by atoms with Crippen LogP contribution in [0.4, 0.5) is 5.00 Å². The normalized spacial score (nSPS) is 13.8. The van der Waals surface area contributed by atoms with E-state index >= 15 is 0 Å². The fourth-order valence-corrected chi connectivity index (χ4v) is 3.58. The van der Waals surface area contributed by atoms with Crippen molar-refractivity contribution in [2.75, 3.05) is 11.9 Å². The molecule has 1 aliphatic carbocycles. The lowest BCUT2D eigenvalue weighted by Crippen LogP contribution is -2.14. The van der Waals surface area contributed by atoms with Crippen LogP contribution in [0.3, 0.4) is 0 Å². The molecule has 0 saturated heterocycles. The number of anilines is 1. The summed E-state index contributed by atoms with van der Waals surface area (Å²) in [6.45, 7) is 3.94. The van der Waals surface area contributed by atoms with E-state index in [1.165, 1.54) is 16.2 Å². The predicted molar refractivity (Wildman–Crippen MR) is 75.8 cm³/mol. The van der Waals surface area contributed by atoms with Crippen molar-refractivity contribution in [3.8, 4) is 0 Å². The number of nitrogens with one attached hydrogen (secondary N) is 1. The number of rotatable bonds is 4. The molecule has 0 spiro atoms. The molecular weight excluding hydrogens is 262 g/mol. The van der Waals surface area contributed by atoms with Gasteiger partial charge in [0, 0.05) is 11.3 Å². The third kappa shape index (κ3) is 2.97. The van der Waals surface area contributed by atoms with Gasteiger partial charge in [0.2, 0.25) is 5.91 Å². The molecule has 0 fully saturated rings. The van der Waals surface area contributed by atoms with Crippen molar-refractivity contribution in [2.24, 2.45) is 0 Å². The summed E-state index contributed by atoms with van der Waals surface area (Å²) >= 11 is 1.53. The van der Waals surface area contributed by atoms with Crippen molar-refractivity contribution >= 4 is 28.2 Å². The Kier molecular flexibility index (Phi) is 4.58. The lowest BCUT2D eigenvalue weighted by atomic mass is 9.95. The van der Waals surface area contributed by atoms with E-state index in [9.17, 15) is 9.59 Å². The van der Waals surface area contributed by atoms with Crippen LogP contribution in [0.2, 0.25) is 0 Å². The van der Waals surface area contributed by atoms with Gasteiger partial charge in [0.1, 0.15) is 5.00 Å². The van der Waals surface area contributed by atoms with Gasteiger partial charge in [-0.1, -0.05) is 6.92 Å². The van der Waals surface area contributed by atoms with Gasteiger partial charge >= 0.3 is 5.97 Å². The van der Waals surface area contributed by atoms with E-state index in [0.29, 0.717) is 23.6 Å². The summed E-state index contributed by atoms with van der Waals surface area (Å²) in [7, 11) is 0. The number of hydrogen-bond acceptors (Lipinski definition) is 4. The zero-order valence-corrected chi connectivity index (χ0v) is 12.2. The standard InChI is InChI=1S/C14H19NO3S/c1-3-11(16)15-13-12(14(17)18-4-2)9-7-5-6-8-10(9)19-13/h3-8H2,1-2H3,(H,15,16). The second-order valence-corrected chi connectivity index (χ2v) is 5.64. The van der Waals surface area contributed by atoms with E-state index in [-0.39, 0.29) is 11.9 Å². The van der Waals surface area contributed by atoms with Crippen molar-refractivity contribution in [3.05, 3.63) is 16.0 Å². The molecule has 1 amide bonds. The summed E-state index contributed by atoms with van der Waals surface area (Å²) in [5.74, 6) is -0.377. The van der Waals surface area contributed by atoms with Gasteiger partial charge < -0.3 is 10.1 Å². The highest BCUT2D eigenvalue weighted by Crippen LogP contribution is 2.38. The first-order valence-electron chi connectivity index (χ1n) is 6.78. The van der Waals surface area contributed by atoms with Gasteiger partial charge in [0.05, 0.1) is 12.2 Å². The molecule has 1 aromatic rings. The van der Waals surface area contributed by atoms with Gasteiger partial charge in [-0.3, -0.25) is 4.79 Å². The van der Waals surface area contributed by atoms with E-state index in [4.69, 9.17) is 4.74 Å². The largest absolute Gasteiger partial charge is 0.462 e. The van der Waals surface area contributed by atoms with Gasteiger partial charge in [-0.15, -0.1) is 11.3 Å². The van der Waals surface area contributed by atoms with Crippen LogP contribution in [0.15, 0.2) is 0 Å². The topological polar surface area (TPSA) is 55.4 Å². The molecule has 0 saturated carbocycles. The Balaban J connectivity index is 2.37. The molecule has 0 radical (unpaired) electrons. The number of aryl methyl sites for hydroxylation is 1. The molecule has 1 N–H and O–H groups in total. The number of ether oxygens (including phenoxy) is 1. The summed E-state index contributed by atoms with van der Waals surface area (Å²) < 4.78 is 5.12. The number of esters is 1. The van der Waals surface area contributed by atoms with E-state index in [1.807, 2.05) is 0 Å². The van der Waals surface area contributed by atoms with Crippen LogP contribution in [-0.4, -0.2) is 18.5 Å². The molecule has 5 heteroatoms. The maximum absolute atomic E-state index is 12.1. The first-order valence-corrected chi connectivity index (χ1v) is 7.60. The van der Waals surface area contributed by atoms with Gasteiger partial charge in [-0.25, -0.2) is 4.79 Å². The molecule has 1 heterocycles. The van der Waals surface area contributed by atoms with E-state index in [2.05, 4.69) is 5.32 Å². The summed E-state index contributed by atoms with van der Waals surface area (Å²) in [4.78, 5) is 24.9. The fraction of sp³-hybridized carbons (Fsp3) is 0.571. The molecule has 0 aliphatic heterocycles. The summed E-state index contributed by atoms with van der Waals surface area (Å²) in [6.07, 6.45) is 4.55. The Hall–Kier alpha value is -1.36. The summed E-state index contributed by atoms with van der Waals surface area (Å²) in [5.41, 5.74) is 1.67. The van der Waals surface area contributed by atoms with E-state index < -0.39 is 0 Å². The van der Waals surface area contributed by atoms with E-state index in [0.717, 1.165) is 31.2 Å². The minimum absolute atomic E-state index is 0.0656. The highest BCUT2D eigenvalue weighted by atomic mass is 32.1. The highest BCUT2D eigenvalue weighted by molar-refractivity contribution is 7.17. The maximum Gasteiger partial charge on any atom is 0.341 e. The number of carbonyl (C=O) groups excluding carboxylic acids is 2. The number of thiophene rings is 1. The van der Waals surface area contributed by atoms with Crippen LogP contribution < -0.4 is 5.32 Å². The Labute approximate surface area is 117 Å². The summed E-state index contributed by atoms with van der Waals surface area (Å²) in [6, 6.07) is 0. The van der Waals surface area contributed by atoms with E-state index in [1.54, 1.807) is 13.8 Å². The van der Waals surface area contributed by atoms with Gasteiger partial charge in [0.15, 0.2) is 0 Å². The molecule has 19 heavy (non-hydrogen) atoms. The monoisotopic (exact) mass is 281 g/mol. The fourth-order valence-electron chi connectivity index (χ4n) is 2.29. The van der Waals surface area contributed by atoms with Crippen LogP contribution >= 0.6 is 11.3 Å². The van der Waals surface area contributed by atoms with Crippen LogP contribution in [-0.2, 0) is 22.4 Å². The van der Waals surface area contributed by atoms with Crippen LogP contribution in [0.1, 0.15) is 53.9 Å². The minimum Gasteiger partial charge on any atom is -0.462 e. The highest BCUT2D eigenvalue weighted by Gasteiger charge is 2.26. The van der Waals surface area contributed by atoms with Crippen LogP contribution in [0.5, 0.6) is 0 Å². The average molecular weight is 281 g/mol. The molecule has 104 valence electrons. The second kappa shape index (κ2) is 6.19. The SMILES string of the molecule is CCOC(=O)c1c(NC(=O)CC)sc2c1CCCC2. The molecule has 4 nitrogen and oxygen atoms in total. The maximum atomic E-state index is 12.1. The summed E-state index contributed by atoms with van der Waals surface area (Å²) in [5, 5.41) is 3.50. The zero-order chi connectivity index (χ0) is 13.8. The van der Waals surface area contributed by atoms with Gasteiger partial charge in [-0.05, 0) is 38.2 Å². The molecule has 1 aliphatic rings. The Morgan fingerprint density at radius 1 is 1.26 bits per heavy atom. The van der Waals surface area contributed by atoms with Crippen molar-refractivity contribution in [1.82, 2.24) is 0 Å². The lowest BCUT2D eigenvalue weighted by Gasteiger charge is -2.12. The van der Waals surface area contributed by atoms with Crippen molar-refractivity contribution in [2.45, 2.75) is 46.0 Å². The molecule has 0 aromatic carbocycles. The Morgan fingerprint density at radius 2 is 2.00 bits per heavy atom. The van der Waals surface area contributed by atoms with Gasteiger partial charge in [0.25, 0.3) is 0 Å². The first-order chi connectivity index (χ1) is 9.17. The molecule has 2 rings (SSSR count). The van der Waals surface area contributed by atoms with Crippen molar-refractivity contribution < 1.29 is 14.3 Å². The first kappa shape index (κ1) is 14.1. The molecule has 0 atom stereocenters. The number of hydrogen-bond donors (Lipinski definition) is 1. The quantitative estimate of drug-likeness (QED) is 0.863. The molecular formula is C14H19NO3S. The van der Waals surface area contributed by atoms with Gasteiger partial charge in [-0.2, -0.15) is 0 Å².